The fourth-order valence-electron chi connectivity index (χ4n) is 3.52. The van der Waals surface area contributed by atoms with Gasteiger partial charge < -0.3 is 9.80 Å². The number of aryl methyl sites for hydroxylation is 1. The third-order valence-electron chi connectivity index (χ3n) is 5.57. The van der Waals surface area contributed by atoms with Crippen LogP contribution in [0.3, 0.4) is 0 Å². The first kappa shape index (κ1) is 23.8. The van der Waals surface area contributed by atoms with E-state index in [2.05, 4.69) is 18.6 Å². The average Bonchev–Trinajstić information content (AvgIpc) is 2.78. The molecule has 2 amide bonds. The van der Waals surface area contributed by atoms with Crippen LogP contribution >= 0.6 is 0 Å². The van der Waals surface area contributed by atoms with Gasteiger partial charge in [0.05, 0.1) is 4.90 Å². The number of rotatable bonds is 7. The number of nitrogens with one attached hydrogen (secondary N) is 1. The van der Waals surface area contributed by atoms with Gasteiger partial charge in [-0.15, -0.1) is 0 Å². The van der Waals surface area contributed by atoms with E-state index in [4.69, 9.17) is 0 Å². The second-order valence-electron chi connectivity index (χ2n) is 8.60. The third kappa shape index (κ3) is 6.09. The van der Waals surface area contributed by atoms with Gasteiger partial charge in [0.1, 0.15) is 0 Å². The van der Waals surface area contributed by atoms with Crippen LogP contribution in [0.2, 0.25) is 0 Å². The van der Waals surface area contributed by atoms with Gasteiger partial charge in [-0.3, -0.25) is 14.3 Å². The minimum Gasteiger partial charge on any atom is -0.339 e. The van der Waals surface area contributed by atoms with Crippen LogP contribution < -0.4 is 4.72 Å². The van der Waals surface area contributed by atoms with Gasteiger partial charge in [0.25, 0.3) is 15.9 Å². The first-order valence-electron chi connectivity index (χ1n) is 10.9. The maximum Gasteiger partial charge on any atom is 0.261 e. The summed E-state index contributed by atoms with van der Waals surface area (Å²) >= 11 is 0. The highest BCUT2D eigenvalue weighted by atomic mass is 32.2. The third-order valence-corrected chi connectivity index (χ3v) is 6.97. The van der Waals surface area contributed by atoms with Crippen molar-refractivity contribution >= 4 is 27.5 Å². The van der Waals surface area contributed by atoms with E-state index in [9.17, 15) is 18.0 Å². The van der Waals surface area contributed by atoms with Crippen LogP contribution in [0.4, 0.5) is 5.69 Å². The van der Waals surface area contributed by atoms with E-state index in [0.717, 1.165) is 12.0 Å². The fourth-order valence-corrected chi connectivity index (χ4v) is 4.58. The lowest BCUT2D eigenvalue weighted by molar-refractivity contribution is -0.132. The fraction of sp³-hybridized carbons (Fsp3) is 0.417. The minimum atomic E-state index is -3.74. The van der Waals surface area contributed by atoms with Gasteiger partial charge in [-0.25, -0.2) is 8.42 Å². The van der Waals surface area contributed by atoms with E-state index in [1.54, 1.807) is 17.0 Å². The summed E-state index contributed by atoms with van der Waals surface area (Å²) in [6, 6.07) is 13.0. The van der Waals surface area contributed by atoms with Crippen LogP contribution in [0.5, 0.6) is 0 Å². The molecule has 0 spiro atoms. The van der Waals surface area contributed by atoms with E-state index in [1.807, 2.05) is 24.0 Å². The molecule has 1 N–H and O–H groups in total. The Kier molecular flexibility index (Phi) is 7.56. The molecule has 172 valence electrons. The lowest BCUT2D eigenvalue weighted by atomic mass is 10.1. The predicted octanol–water partition coefficient (Wildman–Crippen LogP) is 3.52. The molecule has 1 saturated heterocycles. The highest BCUT2D eigenvalue weighted by Crippen LogP contribution is 2.18. The maximum atomic E-state index is 12.8. The molecule has 0 atom stereocenters. The zero-order chi connectivity index (χ0) is 23.3. The van der Waals surface area contributed by atoms with Crippen LogP contribution in [0.25, 0.3) is 0 Å². The molecule has 0 aromatic heterocycles. The smallest absolute Gasteiger partial charge is 0.261 e. The lowest BCUT2D eigenvalue weighted by Gasteiger charge is -2.35. The van der Waals surface area contributed by atoms with Crippen molar-refractivity contribution in [1.82, 2.24) is 9.80 Å². The van der Waals surface area contributed by atoms with Crippen LogP contribution in [0.1, 0.15) is 42.6 Å². The molecule has 0 radical (unpaired) electrons. The van der Waals surface area contributed by atoms with E-state index in [1.165, 1.54) is 24.3 Å². The summed E-state index contributed by atoms with van der Waals surface area (Å²) < 4.78 is 27.8. The van der Waals surface area contributed by atoms with Crippen molar-refractivity contribution in [2.75, 3.05) is 30.9 Å². The molecule has 0 saturated carbocycles. The molecule has 8 heteroatoms. The van der Waals surface area contributed by atoms with Gasteiger partial charge >= 0.3 is 0 Å². The molecule has 1 aliphatic rings. The number of carbonyl (C=O) groups is 2. The molecule has 1 fully saturated rings. The lowest BCUT2D eigenvalue weighted by Crippen LogP contribution is -2.50. The summed E-state index contributed by atoms with van der Waals surface area (Å²) in [5.74, 6) is 0.469. The molecule has 0 unspecified atom stereocenters. The number of carbonyl (C=O) groups excluding carboxylic acids is 2. The first-order valence-corrected chi connectivity index (χ1v) is 12.4. The monoisotopic (exact) mass is 457 g/mol. The first-order chi connectivity index (χ1) is 15.2. The summed E-state index contributed by atoms with van der Waals surface area (Å²) in [6.45, 7) is 8.12. The molecular weight excluding hydrogens is 426 g/mol. The van der Waals surface area contributed by atoms with E-state index < -0.39 is 10.0 Å². The summed E-state index contributed by atoms with van der Waals surface area (Å²) in [5.41, 5.74) is 1.95. The maximum absolute atomic E-state index is 12.8. The zero-order valence-corrected chi connectivity index (χ0v) is 19.7. The normalized spacial score (nSPS) is 14.5. The Morgan fingerprint density at radius 1 is 0.906 bits per heavy atom. The summed E-state index contributed by atoms with van der Waals surface area (Å²) in [6.07, 6.45) is 1.41. The SMILES string of the molecule is Cc1ccc(NS(=O)(=O)c2ccc(C(=O)N3CCN(C(=O)CCC(C)C)CC3)cc2)cc1. The topological polar surface area (TPSA) is 86.8 Å². The molecule has 0 bridgehead atoms. The molecule has 0 aliphatic carbocycles. The highest BCUT2D eigenvalue weighted by Gasteiger charge is 2.25. The Balaban J connectivity index is 1.58. The van der Waals surface area contributed by atoms with E-state index in [-0.39, 0.29) is 16.7 Å². The van der Waals surface area contributed by atoms with Crippen LogP contribution in [0, 0.1) is 12.8 Å². The van der Waals surface area contributed by atoms with Crippen molar-refractivity contribution in [3.05, 3.63) is 59.7 Å². The van der Waals surface area contributed by atoms with Crippen molar-refractivity contribution in [2.24, 2.45) is 5.92 Å². The highest BCUT2D eigenvalue weighted by molar-refractivity contribution is 7.92. The van der Waals surface area contributed by atoms with Gasteiger partial charge in [-0.05, 0) is 55.7 Å². The number of hydrogen-bond acceptors (Lipinski definition) is 4. The van der Waals surface area contributed by atoms with Gasteiger partial charge in [-0.1, -0.05) is 31.5 Å². The number of benzene rings is 2. The quantitative estimate of drug-likeness (QED) is 0.689. The van der Waals surface area contributed by atoms with Gasteiger partial charge in [0, 0.05) is 43.9 Å². The molecule has 7 nitrogen and oxygen atoms in total. The van der Waals surface area contributed by atoms with Gasteiger partial charge in [0.15, 0.2) is 0 Å². The number of nitrogens with zero attached hydrogens (tertiary/aromatic N) is 2. The number of amides is 2. The van der Waals surface area contributed by atoms with Crippen LogP contribution in [-0.2, 0) is 14.8 Å². The Morgan fingerprint density at radius 2 is 1.47 bits per heavy atom. The Hall–Kier alpha value is -2.87. The summed E-state index contributed by atoms with van der Waals surface area (Å²) in [7, 11) is -3.74. The molecule has 3 rings (SSSR count). The number of anilines is 1. The van der Waals surface area contributed by atoms with Crippen molar-refractivity contribution in [2.45, 2.75) is 38.5 Å². The largest absolute Gasteiger partial charge is 0.339 e. The molecule has 1 heterocycles. The standard InChI is InChI=1S/C24H31N3O4S/c1-18(2)4-13-23(28)26-14-16-27(17-15-26)24(29)20-7-11-22(12-8-20)32(30,31)25-21-9-5-19(3)6-10-21/h5-12,18,25H,4,13-17H2,1-3H3. The number of sulfonamides is 1. The van der Waals surface area contributed by atoms with Crippen LogP contribution in [-0.4, -0.2) is 56.2 Å². The molecule has 2 aromatic rings. The molecule has 2 aromatic carbocycles. The van der Waals surface area contributed by atoms with Crippen LogP contribution in [0.15, 0.2) is 53.4 Å². The Morgan fingerprint density at radius 3 is 2.03 bits per heavy atom. The van der Waals surface area contributed by atoms with Crippen molar-refractivity contribution in [3.8, 4) is 0 Å². The summed E-state index contributed by atoms with van der Waals surface area (Å²) in [4.78, 5) is 28.7. The van der Waals surface area contributed by atoms with Crippen molar-refractivity contribution in [3.63, 3.8) is 0 Å². The van der Waals surface area contributed by atoms with Gasteiger partial charge in [0.2, 0.25) is 5.91 Å². The Bertz CT molecular complexity index is 1040. The second kappa shape index (κ2) is 10.2. The molecule has 32 heavy (non-hydrogen) atoms. The average molecular weight is 458 g/mol. The van der Waals surface area contributed by atoms with Crippen molar-refractivity contribution < 1.29 is 18.0 Å². The molecular formula is C24H31N3O4S. The second-order valence-corrected chi connectivity index (χ2v) is 10.3. The van der Waals surface area contributed by atoms with Gasteiger partial charge in [-0.2, -0.15) is 0 Å². The predicted molar refractivity (Wildman–Crippen MR) is 125 cm³/mol. The molecule has 1 aliphatic heterocycles. The summed E-state index contributed by atoms with van der Waals surface area (Å²) in [5, 5.41) is 0. The Labute approximate surface area is 190 Å². The number of piperazine rings is 1. The zero-order valence-electron chi connectivity index (χ0n) is 18.9. The number of hydrogen-bond donors (Lipinski definition) is 1. The minimum absolute atomic E-state index is 0.0928. The van der Waals surface area contributed by atoms with E-state index >= 15 is 0 Å². The van der Waals surface area contributed by atoms with Crippen molar-refractivity contribution in [1.29, 1.82) is 0 Å². The van der Waals surface area contributed by atoms with E-state index in [0.29, 0.717) is 49.8 Å².